The van der Waals surface area contributed by atoms with Gasteiger partial charge in [-0.2, -0.15) is 0 Å². The summed E-state index contributed by atoms with van der Waals surface area (Å²) in [6, 6.07) is 0.654. The first-order valence-electron chi connectivity index (χ1n) is 2.90. The maximum atomic E-state index is 3.36. The molecule has 0 aromatic carbocycles. The van der Waals surface area contributed by atoms with Crippen molar-refractivity contribution in [2.24, 2.45) is 0 Å². The predicted octanol–water partition coefficient (Wildman–Crippen LogP) is 0.329. The topological polar surface area (TPSA) is 24.1 Å². The number of rotatable bonds is 0. The Morgan fingerprint density at radius 2 is 2.12 bits per heavy atom. The molecule has 0 unspecified atom stereocenters. The van der Waals surface area contributed by atoms with E-state index in [1.54, 1.807) is 0 Å². The van der Waals surface area contributed by atoms with E-state index in [9.17, 15) is 0 Å². The molecular formula is C5H11IN2. The van der Waals surface area contributed by atoms with E-state index in [1.807, 2.05) is 0 Å². The Bertz CT molecular complexity index is 58.8. The second kappa shape index (κ2) is 2.98. The third kappa shape index (κ3) is 1.87. The number of alkyl halides is 1. The lowest BCUT2D eigenvalue weighted by molar-refractivity contribution is 0.432. The Morgan fingerprint density at radius 3 is 2.50 bits per heavy atom. The summed E-state index contributed by atoms with van der Waals surface area (Å²) < 4.78 is 0.629. The molecule has 1 aliphatic rings. The molecule has 1 heterocycles. The zero-order valence-electron chi connectivity index (χ0n) is 4.95. The van der Waals surface area contributed by atoms with Crippen molar-refractivity contribution in [3.8, 4) is 0 Å². The van der Waals surface area contributed by atoms with E-state index >= 15 is 0 Å². The molecule has 0 aliphatic carbocycles. The Balaban J connectivity index is 2.19. The van der Waals surface area contributed by atoms with Crippen molar-refractivity contribution in [3.63, 3.8) is 0 Å². The molecule has 0 aromatic rings. The molecule has 1 saturated heterocycles. The molecule has 0 spiro atoms. The molecule has 0 saturated carbocycles. The second-order valence-corrected chi connectivity index (χ2v) is 3.69. The third-order valence-corrected chi connectivity index (χ3v) is 2.17. The lowest BCUT2D eigenvalue weighted by Crippen LogP contribution is -2.50. The number of piperazine rings is 1. The molecule has 1 rings (SSSR count). The standard InChI is InChI=1S/C5H11IN2/c1-4-2-8-5(6)3-7-4/h4-5,7-8H,2-3H2,1H3/t4-,5+/m0/s1. The van der Waals surface area contributed by atoms with E-state index in [0.29, 0.717) is 10.1 Å². The highest BCUT2D eigenvalue weighted by Gasteiger charge is 2.11. The van der Waals surface area contributed by atoms with Crippen LogP contribution in [0.25, 0.3) is 0 Å². The fraction of sp³-hybridized carbons (Fsp3) is 1.00. The smallest absolute Gasteiger partial charge is 0.0720 e. The maximum Gasteiger partial charge on any atom is 0.0720 e. The summed E-state index contributed by atoms with van der Waals surface area (Å²) in [7, 11) is 0. The first-order chi connectivity index (χ1) is 3.79. The fourth-order valence-corrected chi connectivity index (χ4v) is 1.26. The van der Waals surface area contributed by atoms with Crippen molar-refractivity contribution in [1.29, 1.82) is 0 Å². The van der Waals surface area contributed by atoms with E-state index in [0.717, 1.165) is 13.1 Å². The Hall–Kier alpha value is 0.650. The minimum absolute atomic E-state index is 0.629. The first-order valence-corrected chi connectivity index (χ1v) is 4.14. The maximum absolute atomic E-state index is 3.36. The van der Waals surface area contributed by atoms with Gasteiger partial charge in [-0.25, -0.2) is 0 Å². The largest absolute Gasteiger partial charge is 0.311 e. The second-order valence-electron chi connectivity index (χ2n) is 2.19. The summed E-state index contributed by atoms with van der Waals surface area (Å²) in [5.41, 5.74) is 0. The van der Waals surface area contributed by atoms with Crippen molar-refractivity contribution >= 4 is 22.6 Å². The predicted molar refractivity (Wildman–Crippen MR) is 43.3 cm³/mol. The van der Waals surface area contributed by atoms with Crippen LogP contribution in [0.1, 0.15) is 6.92 Å². The normalized spacial score (nSPS) is 39.8. The van der Waals surface area contributed by atoms with Gasteiger partial charge >= 0.3 is 0 Å². The molecule has 48 valence electrons. The average molecular weight is 226 g/mol. The van der Waals surface area contributed by atoms with Crippen LogP contribution < -0.4 is 10.6 Å². The molecule has 2 nitrogen and oxygen atoms in total. The fourth-order valence-electron chi connectivity index (χ4n) is 0.754. The Labute approximate surface area is 63.6 Å². The van der Waals surface area contributed by atoms with Crippen molar-refractivity contribution in [1.82, 2.24) is 10.6 Å². The Morgan fingerprint density at radius 1 is 1.38 bits per heavy atom. The van der Waals surface area contributed by atoms with Crippen LogP contribution >= 0.6 is 22.6 Å². The van der Waals surface area contributed by atoms with Gasteiger partial charge in [0, 0.05) is 19.1 Å². The molecular weight excluding hydrogens is 215 g/mol. The summed E-state index contributed by atoms with van der Waals surface area (Å²) in [6.07, 6.45) is 0. The lowest BCUT2D eigenvalue weighted by atomic mass is 10.3. The minimum Gasteiger partial charge on any atom is -0.311 e. The molecule has 0 aromatic heterocycles. The van der Waals surface area contributed by atoms with E-state index < -0.39 is 0 Å². The van der Waals surface area contributed by atoms with Crippen molar-refractivity contribution in [3.05, 3.63) is 0 Å². The summed E-state index contributed by atoms with van der Waals surface area (Å²) in [5.74, 6) is 0. The molecule has 0 bridgehead atoms. The number of halogens is 1. The molecule has 0 radical (unpaired) electrons. The van der Waals surface area contributed by atoms with Gasteiger partial charge in [-0.1, -0.05) is 22.6 Å². The van der Waals surface area contributed by atoms with E-state index in [2.05, 4.69) is 40.1 Å². The summed E-state index contributed by atoms with van der Waals surface area (Å²) in [5, 5.41) is 6.72. The van der Waals surface area contributed by atoms with Gasteiger partial charge in [-0.3, -0.25) is 0 Å². The van der Waals surface area contributed by atoms with Gasteiger partial charge in [-0.15, -0.1) is 0 Å². The van der Waals surface area contributed by atoms with Gasteiger partial charge in [0.15, 0.2) is 0 Å². The van der Waals surface area contributed by atoms with Gasteiger partial charge < -0.3 is 10.6 Å². The van der Waals surface area contributed by atoms with E-state index in [-0.39, 0.29) is 0 Å². The van der Waals surface area contributed by atoms with Crippen molar-refractivity contribution in [2.45, 2.75) is 17.0 Å². The highest BCUT2D eigenvalue weighted by Crippen LogP contribution is 1.98. The molecule has 3 heteroatoms. The van der Waals surface area contributed by atoms with Gasteiger partial charge in [0.05, 0.1) is 4.05 Å². The number of hydrogen-bond acceptors (Lipinski definition) is 2. The monoisotopic (exact) mass is 226 g/mol. The highest BCUT2D eigenvalue weighted by molar-refractivity contribution is 14.1. The lowest BCUT2D eigenvalue weighted by Gasteiger charge is -2.24. The van der Waals surface area contributed by atoms with Crippen LogP contribution in [-0.4, -0.2) is 23.2 Å². The van der Waals surface area contributed by atoms with Crippen LogP contribution in [-0.2, 0) is 0 Å². The third-order valence-electron chi connectivity index (χ3n) is 1.29. The van der Waals surface area contributed by atoms with Crippen molar-refractivity contribution < 1.29 is 0 Å². The zero-order valence-corrected chi connectivity index (χ0v) is 7.10. The minimum atomic E-state index is 0.629. The summed E-state index contributed by atoms with van der Waals surface area (Å²) in [6.45, 7) is 4.39. The highest BCUT2D eigenvalue weighted by atomic mass is 127. The quantitative estimate of drug-likeness (QED) is 0.353. The SMILES string of the molecule is C[C@H]1CN[C@@H](I)CN1. The van der Waals surface area contributed by atoms with Gasteiger partial charge in [0.1, 0.15) is 0 Å². The molecule has 1 fully saturated rings. The summed E-state index contributed by atoms with van der Waals surface area (Å²) >= 11 is 2.39. The Kier molecular flexibility index (Phi) is 2.52. The van der Waals surface area contributed by atoms with E-state index in [1.165, 1.54) is 0 Å². The van der Waals surface area contributed by atoms with Crippen LogP contribution in [0.3, 0.4) is 0 Å². The number of hydrogen-bond donors (Lipinski definition) is 2. The molecule has 1 aliphatic heterocycles. The molecule has 2 atom stereocenters. The number of nitrogens with one attached hydrogen (secondary N) is 2. The van der Waals surface area contributed by atoms with Crippen LogP contribution in [0.15, 0.2) is 0 Å². The first kappa shape index (κ1) is 6.77. The van der Waals surface area contributed by atoms with Gasteiger partial charge in [0.2, 0.25) is 0 Å². The van der Waals surface area contributed by atoms with Gasteiger partial charge in [0.25, 0.3) is 0 Å². The van der Waals surface area contributed by atoms with Crippen LogP contribution in [0.2, 0.25) is 0 Å². The van der Waals surface area contributed by atoms with E-state index in [4.69, 9.17) is 0 Å². The molecule has 8 heavy (non-hydrogen) atoms. The zero-order chi connectivity index (χ0) is 5.98. The summed E-state index contributed by atoms with van der Waals surface area (Å²) in [4.78, 5) is 0. The van der Waals surface area contributed by atoms with Crippen LogP contribution in [0.5, 0.6) is 0 Å². The van der Waals surface area contributed by atoms with Gasteiger partial charge in [-0.05, 0) is 6.92 Å². The van der Waals surface area contributed by atoms with Crippen LogP contribution in [0.4, 0.5) is 0 Å². The molecule has 2 N–H and O–H groups in total. The van der Waals surface area contributed by atoms with Crippen molar-refractivity contribution in [2.75, 3.05) is 13.1 Å². The average Bonchev–Trinajstić information content (AvgIpc) is 1.77. The molecule has 0 amide bonds. The van der Waals surface area contributed by atoms with Crippen LogP contribution in [0, 0.1) is 0 Å².